The molecule has 4 rings (SSSR count). The molecule has 2 aromatic rings. The number of carbonyl (C=O) groups excluding carboxylic acids is 1. The van der Waals surface area contributed by atoms with Crippen molar-refractivity contribution in [1.29, 1.82) is 0 Å². The Morgan fingerprint density at radius 3 is 3.08 bits per heavy atom. The summed E-state index contributed by atoms with van der Waals surface area (Å²) < 4.78 is 1.75. The normalized spacial score (nSPS) is 25.3. The lowest BCUT2D eigenvalue weighted by molar-refractivity contribution is 0.237. The number of fused-ring (bicyclic) bond motifs is 2. The first-order valence-electron chi connectivity index (χ1n) is 9.20. The fraction of sp³-hybridized carbons (Fsp3) is 0.500. The van der Waals surface area contributed by atoms with E-state index in [4.69, 9.17) is 0 Å². The lowest BCUT2D eigenvalue weighted by Gasteiger charge is -2.26. The second-order valence-electron chi connectivity index (χ2n) is 7.59. The quantitative estimate of drug-likeness (QED) is 0.900. The summed E-state index contributed by atoms with van der Waals surface area (Å²) in [6.45, 7) is 2.73. The summed E-state index contributed by atoms with van der Waals surface area (Å²) in [7, 11) is 1.88. The third-order valence-corrected chi connectivity index (χ3v) is 5.94. The van der Waals surface area contributed by atoms with E-state index in [9.17, 15) is 4.79 Å². The van der Waals surface area contributed by atoms with E-state index < -0.39 is 0 Å². The van der Waals surface area contributed by atoms with Crippen LogP contribution in [0.5, 0.6) is 0 Å². The van der Waals surface area contributed by atoms with Crippen LogP contribution in [0.2, 0.25) is 0 Å². The van der Waals surface area contributed by atoms with Crippen LogP contribution in [-0.4, -0.2) is 22.4 Å². The standard InChI is InChI=1S/C20H26N4O/c1-14(16-11-22-24(2)13-16)23-19(25)21-12-17-10-20(17)9-5-7-15-6-3-4-8-18(15)20/h3-4,6,8,11,13-14,17H,5,7,9-10,12H2,1-2H3,(H2,21,23,25)/t14-,17+,20+/m0/s1. The minimum Gasteiger partial charge on any atom is -0.338 e. The van der Waals surface area contributed by atoms with Gasteiger partial charge in [-0.05, 0) is 49.7 Å². The lowest BCUT2D eigenvalue weighted by Crippen LogP contribution is -2.38. The van der Waals surface area contributed by atoms with E-state index >= 15 is 0 Å². The summed E-state index contributed by atoms with van der Waals surface area (Å²) in [6, 6.07) is 8.71. The Morgan fingerprint density at radius 2 is 2.28 bits per heavy atom. The Kier molecular flexibility index (Phi) is 4.02. The van der Waals surface area contributed by atoms with Crippen molar-refractivity contribution in [1.82, 2.24) is 20.4 Å². The van der Waals surface area contributed by atoms with Gasteiger partial charge in [0.25, 0.3) is 0 Å². The van der Waals surface area contributed by atoms with Crippen molar-refractivity contribution in [2.75, 3.05) is 6.54 Å². The third kappa shape index (κ3) is 3.03. The van der Waals surface area contributed by atoms with Crippen LogP contribution < -0.4 is 10.6 Å². The molecular weight excluding hydrogens is 312 g/mol. The number of amides is 2. The Bertz CT molecular complexity index is 784. The number of hydrogen-bond donors (Lipinski definition) is 2. The van der Waals surface area contributed by atoms with Gasteiger partial charge in [-0.1, -0.05) is 24.3 Å². The number of hydrogen-bond acceptors (Lipinski definition) is 2. The predicted molar refractivity (Wildman–Crippen MR) is 97.3 cm³/mol. The van der Waals surface area contributed by atoms with Gasteiger partial charge in [0.1, 0.15) is 0 Å². The van der Waals surface area contributed by atoms with Gasteiger partial charge in [-0.15, -0.1) is 0 Å². The van der Waals surface area contributed by atoms with E-state index in [-0.39, 0.29) is 12.1 Å². The molecule has 1 spiro atoms. The SMILES string of the molecule is C[C@H](NC(=O)NC[C@H]1C[C@]12CCCc1ccccc12)c1cnn(C)c1. The first-order chi connectivity index (χ1) is 12.1. The Labute approximate surface area is 148 Å². The molecule has 1 aromatic heterocycles. The third-order valence-electron chi connectivity index (χ3n) is 5.94. The van der Waals surface area contributed by atoms with Crippen LogP contribution in [0.15, 0.2) is 36.7 Å². The van der Waals surface area contributed by atoms with Gasteiger partial charge in [-0.2, -0.15) is 5.10 Å². The van der Waals surface area contributed by atoms with Gasteiger partial charge in [0.2, 0.25) is 0 Å². The monoisotopic (exact) mass is 338 g/mol. The summed E-state index contributed by atoms with van der Waals surface area (Å²) in [5, 5.41) is 10.2. The molecule has 1 saturated carbocycles. The van der Waals surface area contributed by atoms with Gasteiger partial charge >= 0.3 is 6.03 Å². The fourth-order valence-electron chi connectivity index (χ4n) is 4.45. The molecule has 1 aromatic carbocycles. The van der Waals surface area contributed by atoms with Gasteiger partial charge in [-0.25, -0.2) is 4.79 Å². The fourth-order valence-corrected chi connectivity index (χ4v) is 4.45. The summed E-state index contributed by atoms with van der Waals surface area (Å²) in [4.78, 5) is 12.2. The number of urea groups is 1. The van der Waals surface area contributed by atoms with E-state index in [1.165, 1.54) is 36.8 Å². The smallest absolute Gasteiger partial charge is 0.315 e. The molecule has 1 fully saturated rings. The number of aromatic nitrogens is 2. The molecule has 2 aliphatic rings. The predicted octanol–water partition coefficient (Wildman–Crippen LogP) is 3.07. The highest BCUT2D eigenvalue weighted by molar-refractivity contribution is 5.74. The molecule has 0 aliphatic heterocycles. The molecule has 1 heterocycles. The first kappa shape index (κ1) is 16.2. The Hall–Kier alpha value is -2.30. The van der Waals surface area contributed by atoms with E-state index in [0.29, 0.717) is 11.3 Å². The second-order valence-corrected chi connectivity index (χ2v) is 7.59. The van der Waals surface area contributed by atoms with E-state index in [2.05, 4.69) is 40.0 Å². The van der Waals surface area contributed by atoms with Crippen molar-refractivity contribution in [3.05, 3.63) is 53.3 Å². The zero-order valence-electron chi connectivity index (χ0n) is 15.0. The minimum atomic E-state index is -0.0949. The second kappa shape index (κ2) is 6.21. The van der Waals surface area contributed by atoms with Crippen molar-refractivity contribution in [2.45, 2.75) is 44.1 Å². The van der Waals surface area contributed by atoms with Crippen LogP contribution >= 0.6 is 0 Å². The minimum absolute atomic E-state index is 0.0442. The number of carbonyl (C=O) groups is 1. The van der Waals surface area contributed by atoms with Crippen LogP contribution in [0.25, 0.3) is 0 Å². The molecule has 5 nitrogen and oxygen atoms in total. The van der Waals surface area contributed by atoms with Crippen LogP contribution in [0.4, 0.5) is 4.79 Å². The highest BCUT2D eigenvalue weighted by atomic mass is 16.2. The molecule has 0 unspecified atom stereocenters. The molecule has 25 heavy (non-hydrogen) atoms. The summed E-state index contributed by atoms with van der Waals surface area (Å²) in [5.41, 5.74) is 4.36. The largest absolute Gasteiger partial charge is 0.338 e. The number of nitrogens with zero attached hydrogens (tertiary/aromatic N) is 2. The molecule has 2 N–H and O–H groups in total. The summed E-state index contributed by atoms with van der Waals surface area (Å²) >= 11 is 0. The molecule has 0 bridgehead atoms. The summed E-state index contributed by atoms with van der Waals surface area (Å²) in [6.07, 6.45) is 8.63. The van der Waals surface area contributed by atoms with Gasteiger partial charge in [0, 0.05) is 30.8 Å². The average molecular weight is 338 g/mol. The maximum Gasteiger partial charge on any atom is 0.315 e. The van der Waals surface area contributed by atoms with Crippen LogP contribution in [0, 0.1) is 5.92 Å². The van der Waals surface area contributed by atoms with Crippen molar-refractivity contribution >= 4 is 6.03 Å². The topological polar surface area (TPSA) is 59.0 Å². The highest BCUT2D eigenvalue weighted by Crippen LogP contribution is 2.59. The van der Waals surface area contributed by atoms with Crippen LogP contribution in [0.3, 0.4) is 0 Å². The number of nitrogens with one attached hydrogen (secondary N) is 2. The maximum absolute atomic E-state index is 12.2. The highest BCUT2D eigenvalue weighted by Gasteiger charge is 2.56. The number of aryl methyl sites for hydroxylation is 2. The molecule has 2 aliphatic carbocycles. The van der Waals surface area contributed by atoms with Gasteiger partial charge in [-0.3, -0.25) is 4.68 Å². The zero-order valence-corrected chi connectivity index (χ0v) is 15.0. The lowest BCUT2D eigenvalue weighted by atomic mass is 9.78. The average Bonchev–Trinajstić information content (AvgIpc) is 3.10. The maximum atomic E-state index is 12.2. The van der Waals surface area contributed by atoms with E-state index in [1.807, 2.05) is 20.2 Å². The van der Waals surface area contributed by atoms with Crippen molar-refractivity contribution in [3.8, 4) is 0 Å². The van der Waals surface area contributed by atoms with Crippen molar-refractivity contribution < 1.29 is 4.79 Å². The Morgan fingerprint density at radius 1 is 1.44 bits per heavy atom. The molecular formula is C20H26N4O. The van der Waals surface area contributed by atoms with Crippen LogP contribution in [0.1, 0.15) is 48.9 Å². The molecule has 0 saturated heterocycles. The van der Waals surface area contributed by atoms with E-state index in [0.717, 1.165) is 12.1 Å². The number of rotatable bonds is 4. The first-order valence-corrected chi connectivity index (χ1v) is 9.20. The number of benzene rings is 1. The van der Waals surface area contributed by atoms with Crippen molar-refractivity contribution in [3.63, 3.8) is 0 Å². The van der Waals surface area contributed by atoms with Crippen LogP contribution in [-0.2, 0) is 18.9 Å². The zero-order chi connectivity index (χ0) is 17.4. The molecule has 132 valence electrons. The van der Waals surface area contributed by atoms with Gasteiger partial charge in [0.05, 0.1) is 12.2 Å². The Balaban J connectivity index is 1.32. The van der Waals surface area contributed by atoms with Gasteiger partial charge in [0.15, 0.2) is 0 Å². The summed E-state index contributed by atoms with van der Waals surface area (Å²) in [5.74, 6) is 0.563. The molecule has 2 amide bonds. The van der Waals surface area contributed by atoms with Crippen molar-refractivity contribution in [2.24, 2.45) is 13.0 Å². The van der Waals surface area contributed by atoms with E-state index in [1.54, 1.807) is 10.9 Å². The van der Waals surface area contributed by atoms with Gasteiger partial charge < -0.3 is 10.6 Å². The molecule has 3 atom stereocenters. The molecule has 0 radical (unpaired) electrons. The molecule has 5 heteroatoms.